The van der Waals surface area contributed by atoms with Gasteiger partial charge < -0.3 is 0 Å². The molecule has 1 heterocycles. The highest BCUT2D eigenvalue weighted by Crippen LogP contribution is 2.42. The van der Waals surface area contributed by atoms with Gasteiger partial charge in [0, 0.05) is 11.8 Å². The normalized spacial score (nSPS) is 19.0. The summed E-state index contributed by atoms with van der Waals surface area (Å²) in [6.45, 7) is 5.95. The van der Waals surface area contributed by atoms with Gasteiger partial charge in [-0.1, -0.05) is 55.8 Å². The number of carbonyl (C=O) groups is 1. The minimum absolute atomic E-state index is 0.0528. The SMILES string of the molecule is Cc1ccc(C(=O)N2C=Cc3ccccc3C2(C#N)C(C)C)cc1. The van der Waals surface area contributed by atoms with Gasteiger partial charge in [-0.25, -0.2) is 0 Å². The van der Waals surface area contributed by atoms with Gasteiger partial charge in [0.2, 0.25) is 0 Å². The summed E-state index contributed by atoms with van der Waals surface area (Å²) in [6.07, 6.45) is 3.65. The molecule has 0 fully saturated rings. The van der Waals surface area contributed by atoms with Gasteiger partial charge in [-0.15, -0.1) is 0 Å². The molecule has 0 saturated carbocycles. The zero-order valence-electron chi connectivity index (χ0n) is 14.2. The van der Waals surface area contributed by atoms with Gasteiger partial charge >= 0.3 is 0 Å². The second-order valence-corrected chi connectivity index (χ2v) is 6.48. The fraction of sp³-hybridized carbons (Fsp3) is 0.238. The van der Waals surface area contributed by atoms with Crippen molar-refractivity contribution in [3.63, 3.8) is 0 Å². The van der Waals surface area contributed by atoms with E-state index in [9.17, 15) is 10.1 Å². The molecule has 24 heavy (non-hydrogen) atoms. The third-order valence-electron chi connectivity index (χ3n) is 4.68. The number of nitriles is 1. The molecule has 120 valence electrons. The Morgan fingerprint density at radius 2 is 1.79 bits per heavy atom. The zero-order chi connectivity index (χ0) is 17.3. The quantitative estimate of drug-likeness (QED) is 0.819. The van der Waals surface area contributed by atoms with Crippen LogP contribution in [0.2, 0.25) is 0 Å². The number of benzene rings is 2. The summed E-state index contributed by atoms with van der Waals surface area (Å²) in [5.74, 6) is -0.209. The van der Waals surface area contributed by atoms with Crippen LogP contribution in [0.5, 0.6) is 0 Å². The molecule has 1 atom stereocenters. The van der Waals surface area contributed by atoms with Gasteiger partial charge in [0.1, 0.15) is 0 Å². The van der Waals surface area contributed by atoms with Crippen LogP contribution in [-0.2, 0) is 5.54 Å². The Morgan fingerprint density at radius 3 is 2.42 bits per heavy atom. The molecule has 1 aliphatic rings. The highest BCUT2D eigenvalue weighted by molar-refractivity contribution is 5.97. The Labute approximate surface area is 142 Å². The van der Waals surface area contributed by atoms with Crippen LogP contribution in [0.4, 0.5) is 0 Å². The van der Waals surface area contributed by atoms with Crippen molar-refractivity contribution in [2.45, 2.75) is 26.3 Å². The number of aryl methyl sites for hydroxylation is 1. The van der Waals surface area contributed by atoms with E-state index < -0.39 is 5.54 Å². The predicted molar refractivity (Wildman–Crippen MR) is 95.0 cm³/mol. The topological polar surface area (TPSA) is 44.1 Å². The number of amides is 1. The summed E-state index contributed by atoms with van der Waals surface area (Å²) in [7, 11) is 0. The van der Waals surface area contributed by atoms with Crippen molar-refractivity contribution in [2.75, 3.05) is 0 Å². The fourth-order valence-electron chi connectivity index (χ4n) is 3.29. The van der Waals surface area contributed by atoms with Crippen molar-refractivity contribution in [1.29, 1.82) is 5.26 Å². The first kappa shape index (κ1) is 16.0. The maximum absolute atomic E-state index is 13.1. The molecule has 3 heteroatoms. The Hall–Kier alpha value is -2.86. The lowest BCUT2D eigenvalue weighted by molar-refractivity contribution is 0.0625. The number of rotatable bonds is 2. The molecule has 2 aromatic rings. The molecule has 0 bridgehead atoms. The molecule has 0 saturated heterocycles. The summed E-state index contributed by atoms with van der Waals surface area (Å²) >= 11 is 0. The highest BCUT2D eigenvalue weighted by atomic mass is 16.2. The molecule has 3 rings (SSSR count). The van der Waals surface area contributed by atoms with Gasteiger partial charge in [-0.05, 0) is 42.2 Å². The van der Waals surface area contributed by atoms with Gasteiger partial charge in [-0.3, -0.25) is 9.69 Å². The lowest BCUT2D eigenvalue weighted by Crippen LogP contribution is -2.50. The number of nitrogens with zero attached hydrogens (tertiary/aromatic N) is 2. The molecule has 1 unspecified atom stereocenters. The van der Waals surface area contributed by atoms with E-state index in [-0.39, 0.29) is 11.8 Å². The van der Waals surface area contributed by atoms with E-state index in [1.807, 2.05) is 75.4 Å². The first-order valence-electron chi connectivity index (χ1n) is 8.10. The summed E-state index contributed by atoms with van der Waals surface area (Å²) < 4.78 is 0. The number of fused-ring (bicyclic) bond motifs is 1. The maximum Gasteiger partial charge on any atom is 0.259 e. The largest absolute Gasteiger partial charge is 0.291 e. The smallest absolute Gasteiger partial charge is 0.259 e. The molecular weight excluding hydrogens is 296 g/mol. The second-order valence-electron chi connectivity index (χ2n) is 6.48. The monoisotopic (exact) mass is 316 g/mol. The summed E-state index contributed by atoms with van der Waals surface area (Å²) in [5, 5.41) is 10.1. The van der Waals surface area contributed by atoms with E-state index >= 15 is 0 Å². The van der Waals surface area contributed by atoms with E-state index in [0.717, 1.165) is 16.7 Å². The molecule has 0 radical (unpaired) electrons. The molecule has 3 nitrogen and oxygen atoms in total. The molecule has 0 aliphatic carbocycles. The van der Waals surface area contributed by atoms with Crippen LogP contribution in [0.25, 0.3) is 6.08 Å². The van der Waals surface area contributed by atoms with Crippen LogP contribution in [0.3, 0.4) is 0 Å². The Bertz CT molecular complexity index is 843. The summed E-state index contributed by atoms with van der Waals surface area (Å²) in [4.78, 5) is 14.7. The Kier molecular flexibility index (Phi) is 3.99. The Morgan fingerprint density at radius 1 is 1.12 bits per heavy atom. The van der Waals surface area contributed by atoms with E-state index in [2.05, 4.69) is 6.07 Å². The van der Waals surface area contributed by atoms with Crippen molar-refractivity contribution in [3.05, 3.63) is 77.0 Å². The van der Waals surface area contributed by atoms with E-state index in [4.69, 9.17) is 0 Å². The van der Waals surface area contributed by atoms with Crippen molar-refractivity contribution in [3.8, 4) is 6.07 Å². The minimum atomic E-state index is -1.01. The number of hydrogen-bond acceptors (Lipinski definition) is 2. The first-order chi connectivity index (χ1) is 11.5. The highest BCUT2D eigenvalue weighted by Gasteiger charge is 2.46. The average Bonchev–Trinajstić information content (AvgIpc) is 2.60. The zero-order valence-corrected chi connectivity index (χ0v) is 14.2. The van der Waals surface area contributed by atoms with Crippen LogP contribution < -0.4 is 0 Å². The third-order valence-corrected chi connectivity index (χ3v) is 4.68. The Balaban J connectivity index is 2.15. The van der Waals surface area contributed by atoms with Crippen molar-refractivity contribution >= 4 is 12.0 Å². The average molecular weight is 316 g/mol. The molecule has 2 aromatic carbocycles. The van der Waals surface area contributed by atoms with E-state index in [1.165, 1.54) is 0 Å². The van der Waals surface area contributed by atoms with Crippen LogP contribution in [0.15, 0.2) is 54.7 Å². The second kappa shape index (κ2) is 5.98. The van der Waals surface area contributed by atoms with Gasteiger partial charge in [0.15, 0.2) is 5.54 Å². The maximum atomic E-state index is 13.1. The van der Waals surface area contributed by atoms with Crippen molar-refractivity contribution in [1.82, 2.24) is 4.90 Å². The third kappa shape index (κ3) is 2.32. The van der Waals surface area contributed by atoms with Crippen LogP contribution in [-0.4, -0.2) is 10.8 Å². The van der Waals surface area contributed by atoms with Gasteiger partial charge in [0.05, 0.1) is 6.07 Å². The molecule has 0 N–H and O–H groups in total. The lowest BCUT2D eigenvalue weighted by Gasteiger charge is -2.43. The van der Waals surface area contributed by atoms with Crippen LogP contribution >= 0.6 is 0 Å². The number of hydrogen-bond donors (Lipinski definition) is 0. The van der Waals surface area contributed by atoms with Crippen LogP contribution in [0, 0.1) is 24.2 Å². The van der Waals surface area contributed by atoms with Gasteiger partial charge in [0.25, 0.3) is 5.91 Å². The summed E-state index contributed by atoms with van der Waals surface area (Å²) in [5.41, 5.74) is 2.55. The molecular formula is C21H20N2O. The van der Waals surface area contributed by atoms with Crippen molar-refractivity contribution < 1.29 is 4.79 Å². The molecule has 0 spiro atoms. The first-order valence-corrected chi connectivity index (χ1v) is 8.10. The standard InChI is InChI=1S/C21H20N2O/c1-15(2)21(14-22)19-7-5-4-6-17(19)12-13-23(21)20(24)18-10-8-16(3)9-11-18/h4-13,15H,1-3H3. The number of carbonyl (C=O) groups excluding carboxylic acids is 1. The summed E-state index contributed by atoms with van der Waals surface area (Å²) in [6, 6.07) is 17.7. The molecule has 1 aliphatic heterocycles. The van der Waals surface area contributed by atoms with E-state index in [1.54, 1.807) is 11.1 Å². The molecule has 1 amide bonds. The molecule has 0 aromatic heterocycles. The van der Waals surface area contributed by atoms with Crippen LogP contribution in [0.1, 0.15) is 40.9 Å². The lowest BCUT2D eigenvalue weighted by atomic mass is 9.75. The minimum Gasteiger partial charge on any atom is -0.291 e. The van der Waals surface area contributed by atoms with Crippen molar-refractivity contribution in [2.24, 2.45) is 5.92 Å². The predicted octanol–water partition coefficient (Wildman–Crippen LogP) is 4.50. The fourth-order valence-corrected chi connectivity index (χ4v) is 3.29. The van der Waals surface area contributed by atoms with Gasteiger partial charge in [-0.2, -0.15) is 5.26 Å². The van der Waals surface area contributed by atoms with E-state index in [0.29, 0.717) is 5.56 Å².